The van der Waals surface area contributed by atoms with Crippen LogP contribution in [0.15, 0.2) is 36.4 Å². The van der Waals surface area contributed by atoms with Crippen LogP contribution < -0.4 is 14.8 Å². The van der Waals surface area contributed by atoms with Gasteiger partial charge >= 0.3 is 0 Å². The van der Waals surface area contributed by atoms with Crippen LogP contribution in [0, 0.1) is 0 Å². The molecule has 2 aliphatic rings. The zero-order valence-corrected chi connectivity index (χ0v) is 12.5. The van der Waals surface area contributed by atoms with Crippen LogP contribution in [0.4, 0.5) is 5.69 Å². The first-order chi connectivity index (χ1) is 10.7. The van der Waals surface area contributed by atoms with Crippen molar-refractivity contribution in [3.05, 3.63) is 52.5 Å². The molecule has 0 spiro atoms. The monoisotopic (exact) mass is 315 g/mol. The second kappa shape index (κ2) is 5.21. The smallest absolute Gasteiger partial charge is 0.225 e. The van der Waals surface area contributed by atoms with Gasteiger partial charge in [0.2, 0.25) is 5.91 Å². The van der Waals surface area contributed by atoms with Crippen LogP contribution in [0.25, 0.3) is 0 Å². The number of carbonyl (C=O) groups excluding carboxylic acids is 1. The average Bonchev–Trinajstić information content (AvgIpc) is 2.52. The van der Waals surface area contributed by atoms with Crippen molar-refractivity contribution in [2.75, 3.05) is 18.5 Å². The van der Waals surface area contributed by atoms with Gasteiger partial charge in [-0.1, -0.05) is 23.7 Å². The molecule has 1 N–H and O–H groups in total. The normalized spacial score (nSPS) is 19.3. The minimum absolute atomic E-state index is 0.00541. The Morgan fingerprint density at radius 3 is 2.64 bits per heavy atom. The van der Waals surface area contributed by atoms with Gasteiger partial charge in [0.1, 0.15) is 13.2 Å². The highest BCUT2D eigenvalue weighted by Crippen LogP contribution is 2.44. The molecule has 0 unspecified atom stereocenters. The number of carbonyl (C=O) groups is 1. The highest BCUT2D eigenvalue weighted by Gasteiger charge is 2.29. The molecule has 4 rings (SSSR count). The first-order valence-electron chi connectivity index (χ1n) is 7.19. The molecular weight excluding hydrogens is 302 g/mol. The Bertz CT molecular complexity index is 760. The molecule has 5 heteroatoms. The van der Waals surface area contributed by atoms with Crippen molar-refractivity contribution in [2.45, 2.75) is 12.3 Å². The average molecular weight is 316 g/mol. The van der Waals surface area contributed by atoms with E-state index in [9.17, 15) is 4.79 Å². The molecule has 0 saturated heterocycles. The zero-order valence-electron chi connectivity index (χ0n) is 11.8. The number of anilines is 1. The van der Waals surface area contributed by atoms with Gasteiger partial charge in [-0.2, -0.15) is 0 Å². The highest BCUT2D eigenvalue weighted by atomic mass is 35.5. The lowest BCUT2D eigenvalue weighted by molar-refractivity contribution is -0.116. The molecule has 0 saturated carbocycles. The molecule has 2 aromatic rings. The van der Waals surface area contributed by atoms with E-state index in [0.29, 0.717) is 30.4 Å². The Hall–Kier alpha value is -2.20. The van der Waals surface area contributed by atoms with Gasteiger partial charge in [0.25, 0.3) is 0 Å². The van der Waals surface area contributed by atoms with Gasteiger partial charge in [0, 0.05) is 29.1 Å². The van der Waals surface area contributed by atoms with E-state index in [0.717, 1.165) is 22.6 Å². The zero-order chi connectivity index (χ0) is 15.1. The molecule has 4 nitrogen and oxygen atoms in total. The number of hydrogen-bond acceptors (Lipinski definition) is 3. The van der Waals surface area contributed by atoms with Crippen LogP contribution in [0.1, 0.15) is 23.5 Å². The maximum atomic E-state index is 12.0. The van der Waals surface area contributed by atoms with Crippen LogP contribution >= 0.6 is 11.6 Å². The number of benzene rings is 2. The third-order valence-corrected chi connectivity index (χ3v) is 4.24. The Labute approximate surface area is 133 Å². The van der Waals surface area contributed by atoms with Gasteiger partial charge in [0.05, 0.1) is 0 Å². The minimum atomic E-state index is -0.0294. The predicted octanol–water partition coefficient (Wildman–Crippen LogP) is 3.59. The maximum Gasteiger partial charge on any atom is 0.225 e. The molecule has 112 valence electrons. The first kappa shape index (κ1) is 13.5. The fourth-order valence-electron chi connectivity index (χ4n) is 3.02. The van der Waals surface area contributed by atoms with E-state index in [1.54, 1.807) is 0 Å². The van der Waals surface area contributed by atoms with E-state index in [4.69, 9.17) is 21.1 Å². The quantitative estimate of drug-likeness (QED) is 0.875. The number of amides is 1. The molecule has 2 aliphatic heterocycles. The largest absolute Gasteiger partial charge is 0.486 e. The molecule has 2 aromatic carbocycles. The number of rotatable bonds is 1. The first-order valence-corrected chi connectivity index (χ1v) is 7.57. The number of fused-ring (bicyclic) bond motifs is 2. The highest BCUT2D eigenvalue weighted by molar-refractivity contribution is 6.30. The van der Waals surface area contributed by atoms with Crippen molar-refractivity contribution in [1.82, 2.24) is 0 Å². The van der Waals surface area contributed by atoms with Gasteiger partial charge in [-0.3, -0.25) is 4.79 Å². The summed E-state index contributed by atoms with van der Waals surface area (Å²) in [5, 5.41) is 3.59. The van der Waals surface area contributed by atoms with E-state index in [-0.39, 0.29) is 11.8 Å². The van der Waals surface area contributed by atoms with E-state index >= 15 is 0 Å². The third kappa shape index (κ3) is 2.29. The lowest BCUT2D eigenvalue weighted by Gasteiger charge is -2.29. The molecule has 0 fully saturated rings. The molecule has 2 heterocycles. The fourth-order valence-corrected chi connectivity index (χ4v) is 3.22. The molecule has 1 atom stereocenters. The maximum absolute atomic E-state index is 12.0. The second-order valence-corrected chi connectivity index (χ2v) is 5.88. The summed E-state index contributed by atoms with van der Waals surface area (Å²) in [6, 6.07) is 11.5. The molecule has 0 aromatic heterocycles. The Morgan fingerprint density at radius 2 is 1.86 bits per heavy atom. The van der Waals surface area contributed by atoms with Crippen LogP contribution in [0.5, 0.6) is 11.5 Å². The molecular formula is C17H14ClNO3. The van der Waals surface area contributed by atoms with E-state index < -0.39 is 0 Å². The van der Waals surface area contributed by atoms with Crippen LogP contribution in [0.2, 0.25) is 5.02 Å². The molecule has 0 radical (unpaired) electrons. The van der Waals surface area contributed by atoms with Gasteiger partial charge in [-0.15, -0.1) is 0 Å². The molecule has 1 amide bonds. The summed E-state index contributed by atoms with van der Waals surface area (Å²) in [5.41, 5.74) is 2.84. The van der Waals surface area contributed by atoms with E-state index in [2.05, 4.69) is 5.32 Å². The summed E-state index contributed by atoms with van der Waals surface area (Å²) in [7, 11) is 0. The van der Waals surface area contributed by atoms with Gasteiger partial charge in [-0.25, -0.2) is 0 Å². The topological polar surface area (TPSA) is 47.6 Å². The van der Waals surface area contributed by atoms with Gasteiger partial charge < -0.3 is 14.8 Å². The summed E-state index contributed by atoms with van der Waals surface area (Å²) in [6.45, 7) is 1.07. The number of hydrogen-bond donors (Lipinski definition) is 1. The van der Waals surface area contributed by atoms with Gasteiger partial charge in [-0.05, 0) is 29.3 Å². The molecule has 22 heavy (non-hydrogen) atoms. The lowest BCUT2D eigenvalue weighted by atomic mass is 9.84. The summed E-state index contributed by atoms with van der Waals surface area (Å²) < 4.78 is 11.2. The summed E-state index contributed by atoms with van der Waals surface area (Å²) >= 11 is 6.10. The number of ether oxygens (including phenoxy) is 2. The SMILES string of the molecule is O=C1C[C@@H](c2cccc(Cl)c2)c2cc3c(cc2N1)OCCO3. The lowest BCUT2D eigenvalue weighted by Crippen LogP contribution is -2.24. The van der Waals surface area contributed by atoms with Crippen molar-refractivity contribution in [2.24, 2.45) is 0 Å². The van der Waals surface area contributed by atoms with Crippen molar-refractivity contribution in [3.63, 3.8) is 0 Å². The summed E-state index contributed by atoms with van der Waals surface area (Å²) in [6.07, 6.45) is 0.396. The van der Waals surface area contributed by atoms with Crippen molar-refractivity contribution >= 4 is 23.2 Å². The summed E-state index contributed by atoms with van der Waals surface area (Å²) in [4.78, 5) is 12.0. The standard InChI is InChI=1S/C17H14ClNO3/c18-11-3-1-2-10(6-11)12-8-17(20)19-14-9-16-15(7-13(12)14)21-4-5-22-16/h1-3,6-7,9,12H,4-5,8H2,(H,19,20)/t12-/m0/s1. The fraction of sp³-hybridized carbons (Fsp3) is 0.235. The van der Waals surface area contributed by atoms with Gasteiger partial charge in [0.15, 0.2) is 11.5 Å². The molecule has 0 aliphatic carbocycles. The summed E-state index contributed by atoms with van der Waals surface area (Å²) in [5.74, 6) is 1.37. The van der Waals surface area contributed by atoms with Crippen LogP contribution in [-0.2, 0) is 4.79 Å². The second-order valence-electron chi connectivity index (χ2n) is 5.44. The number of halogens is 1. The number of nitrogens with one attached hydrogen (secondary N) is 1. The Balaban J connectivity index is 1.84. The Morgan fingerprint density at radius 1 is 1.09 bits per heavy atom. The van der Waals surface area contributed by atoms with E-state index in [1.807, 2.05) is 36.4 Å². The minimum Gasteiger partial charge on any atom is -0.486 e. The predicted molar refractivity (Wildman–Crippen MR) is 84.0 cm³/mol. The van der Waals surface area contributed by atoms with Crippen LogP contribution in [0.3, 0.4) is 0 Å². The third-order valence-electron chi connectivity index (χ3n) is 4.00. The van der Waals surface area contributed by atoms with Crippen LogP contribution in [-0.4, -0.2) is 19.1 Å². The Kier molecular flexibility index (Phi) is 3.19. The van der Waals surface area contributed by atoms with Crippen molar-refractivity contribution in [3.8, 4) is 11.5 Å². The molecule has 0 bridgehead atoms. The van der Waals surface area contributed by atoms with Crippen molar-refractivity contribution < 1.29 is 14.3 Å². The van der Waals surface area contributed by atoms with Crippen molar-refractivity contribution in [1.29, 1.82) is 0 Å². The van der Waals surface area contributed by atoms with E-state index in [1.165, 1.54) is 0 Å².